The topological polar surface area (TPSA) is 30.5 Å². The monoisotopic (exact) mass is 143 g/mol. The number of ether oxygens (including phenoxy) is 2. The molecule has 3 nitrogen and oxygen atoms in total. The van der Waals surface area contributed by atoms with Crippen LogP contribution in [-0.4, -0.2) is 38.5 Å². The van der Waals surface area contributed by atoms with Crippen molar-refractivity contribution in [3.8, 4) is 0 Å². The summed E-state index contributed by atoms with van der Waals surface area (Å²) in [5.41, 5.74) is 0. The molecule has 1 unspecified atom stereocenters. The van der Waals surface area contributed by atoms with E-state index in [9.17, 15) is 0 Å². The Bertz CT molecular complexity index is 108. The van der Waals surface area contributed by atoms with Crippen LogP contribution in [0.5, 0.6) is 0 Å². The summed E-state index contributed by atoms with van der Waals surface area (Å²) in [6.45, 7) is 3.74. The first-order chi connectivity index (χ1) is 4.95. The van der Waals surface area contributed by atoms with Crippen LogP contribution in [-0.2, 0) is 9.47 Å². The number of nitrogens with one attached hydrogen (secondary N) is 1. The average Bonchev–Trinajstić information content (AvgIpc) is 2.29. The lowest BCUT2D eigenvalue weighted by Crippen LogP contribution is -2.39. The van der Waals surface area contributed by atoms with Crippen LogP contribution in [0.15, 0.2) is 0 Å². The highest BCUT2D eigenvalue weighted by molar-refractivity contribution is 4.75. The second-order valence-corrected chi connectivity index (χ2v) is 2.91. The van der Waals surface area contributed by atoms with Crippen LogP contribution in [0.4, 0.5) is 0 Å². The van der Waals surface area contributed by atoms with Gasteiger partial charge in [-0.1, -0.05) is 0 Å². The van der Waals surface area contributed by atoms with Gasteiger partial charge in [0.2, 0.25) is 0 Å². The lowest BCUT2D eigenvalue weighted by Gasteiger charge is -2.28. The Balaban J connectivity index is 1.68. The second kappa shape index (κ2) is 2.86. The highest BCUT2D eigenvalue weighted by atomic mass is 16.6. The summed E-state index contributed by atoms with van der Waals surface area (Å²) in [5.74, 6) is 0. The molecule has 10 heavy (non-hydrogen) atoms. The molecule has 0 spiro atoms. The van der Waals surface area contributed by atoms with Crippen LogP contribution in [0, 0.1) is 0 Å². The summed E-state index contributed by atoms with van der Waals surface area (Å²) >= 11 is 0. The van der Waals surface area contributed by atoms with Crippen molar-refractivity contribution in [1.29, 1.82) is 0 Å². The Kier molecular flexibility index (Phi) is 1.88. The average molecular weight is 143 g/mol. The molecule has 0 aromatic heterocycles. The van der Waals surface area contributed by atoms with E-state index in [1.165, 1.54) is 0 Å². The van der Waals surface area contributed by atoms with Gasteiger partial charge in [0.15, 0.2) is 0 Å². The van der Waals surface area contributed by atoms with Crippen molar-refractivity contribution >= 4 is 0 Å². The fraction of sp³-hybridized carbons (Fsp3) is 1.00. The van der Waals surface area contributed by atoms with Gasteiger partial charge in [0.1, 0.15) is 6.10 Å². The normalized spacial score (nSPS) is 34.2. The minimum atomic E-state index is 0.393. The predicted octanol–water partition coefficient (Wildman–Crippen LogP) is -0.236. The molecule has 2 rings (SSSR count). The first kappa shape index (κ1) is 6.58. The molecular weight excluding hydrogens is 130 g/mol. The Labute approximate surface area is 60.7 Å². The molecule has 1 atom stereocenters. The first-order valence-corrected chi connectivity index (χ1v) is 3.89. The van der Waals surface area contributed by atoms with E-state index in [0.717, 1.165) is 32.7 Å². The Hall–Kier alpha value is -0.120. The highest BCUT2D eigenvalue weighted by Crippen LogP contribution is 2.12. The molecular formula is C7H13NO2. The van der Waals surface area contributed by atoms with Crippen LogP contribution < -0.4 is 5.32 Å². The zero-order valence-corrected chi connectivity index (χ0v) is 6.01. The van der Waals surface area contributed by atoms with Gasteiger partial charge in [-0.05, 0) is 13.0 Å². The fourth-order valence-corrected chi connectivity index (χ4v) is 1.31. The summed E-state index contributed by atoms with van der Waals surface area (Å²) in [6.07, 6.45) is 2.01. The van der Waals surface area contributed by atoms with E-state index in [1.54, 1.807) is 0 Å². The van der Waals surface area contributed by atoms with Gasteiger partial charge in [-0.25, -0.2) is 0 Å². The van der Waals surface area contributed by atoms with Gasteiger partial charge in [0.25, 0.3) is 0 Å². The molecule has 3 heteroatoms. The van der Waals surface area contributed by atoms with Crippen LogP contribution in [0.1, 0.15) is 6.42 Å². The third-order valence-corrected chi connectivity index (χ3v) is 2.01. The maximum absolute atomic E-state index is 5.66. The van der Waals surface area contributed by atoms with Crippen molar-refractivity contribution in [2.24, 2.45) is 0 Å². The molecule has 58 valence electrons. The van der Waals surface area contributed by atoms with Gasteiger partial charge in [-0.15, -0.1) is 0 Å². The zero-order chi connectivity index (χ0) is 6.81. The van der Waals surface area contributed by atoms with Gasteiger partial charge in [0, 0.05) is 6.54 Å². The van der Waals surface area contributed by atoms with Crippen LogP contribution in [0.3, 0.4) is 0 Å². The Morgan fingerprint density at radius 3 is 2.70 bits per heavy atom. The first-order valence-electron chi connectivity index (χ1n) is 3.89. The van der Waals surface area contributed by atoms with Crippen molar-refractivity contribution in [2.75, 3.05) is 26.3 Å². The number of hydrogen-bond donors (Lipinski definition) is 1. The molecule has 0 amide bonds. The van der Waals surface area contributed by atoms with Crippen LogP contribution >= 0.6 is 0 Å². The molecule has 2 fully saturated rings. The SMILES string of the molecule is C1CC(OC2COC2)CN1. The molecule has 0 aromatic carbocycles. The summed E-state index contributed by atoms with van der Waals surface area (Å²) < 4.78 is 10.7. The van der Waals surface area contributed by atoms with E-state index in [0.29, 0.717) is 12.2 Å². The standard InChI is InChI=1S/C7H13NO2/c1-2-8-3-6(1)10-7-4-9-5-7/h6-8H,1-5H2. The lowest BCUT2D eigenvalue weighted by molar-refractivity contribution is -0.150. The molecule has 0 aromatic rings. The Morgan fingerprint density at radius 1 is 1.30 bits per heavy atom. The van der Waals surface area contributed by atoms with Gasteiger partial charge >= 0.3 is 0 Å². The van der Waals surface area contributed by atoms with Gasteiger partial charge in [-0.3, -0.25) is 0 Å². The van der Waals surface area contributed by atoms with Crippen molar-refractivity contribution in [3.05, 3.63) is 0 Å². The molecule has 2 aliphatic heterocycles. The summed E-state index contributed by atoms with van der Waals surface area (Å²) in [6, 6.07) is 0. The van der Waals surface area contributed by atoms with Crippen molar-refractivity contribution in [1.82, 2.24) is 5.32 Å². The zero-order valence-electron chi connectivity index (χ0n) is 6.01. The summed E-state index contributed by atoms with van der Waals surface area (Å²) in [5, 5.41) is 3.26. The largest absolute Gasteiger partial charge is 0.376 e. The Morgan fingerprint density at radius 2 is 2.20 bits per heavy atom. The smallest absolute Gasteiger partial charge is 0.105 e. The fourth-order valence-electron chi connectivity index (χ4n) is 1.31. The summed E-state index contributed by atoms with van der Waals surface area (Å²) in [4.78, 5) is 0. The van der Waals surface area contributed by atoms with E-state index in [4.69, 9.17) is 9.47 Å². The molecule has 0 aliphatic carbocycles. The van der Waals surface area contributed by atoms with E-state index < -0.39 is 0 Å². The summed E-state index contributed by atoms with van der Waals surface area (Å²) in [7, 11) is 0. The third kappa shape index (κ3) is 1.31. The molecule has 1 N–H and O–H groups in total. The number of rotatable bonds is 2. The van der Waals surface area contributed by atoms with Crippen LogP contribution in [0.2, 0.25) is 0 Å². The quantitative estimate of drug-likeness (QED) is 0.579. The van der Waals surface area contributed by atoms with E-state index in [-0.39, 0.29) is 0 Å². The van der Waals surface area contributed by atoms with E-state index in [2.05, 4.69) is 5.32 Å². The molecule has 0 bridgehead atoms. The maximum atomic E-state index is 5.66. The molecule has 2 aliphatic rings. The third-order valence-electron chi connectivity index (χ3n) is 2.01. The highest BCUT2D eigenvalue weighted by Gasteiger charge is 2.24. The molecule has 2 saturated heterocycles. The second-order valence-electron chi connectivity index (χ2n) is 2.91. The van der Waals surface area contributed by atoms with Gasteiger partial charge in [0.05, 0.1) is 19.3 Å². The minimum Gasteiger partial charge on any atom is -0.376 e. The molecule has 2 heterocycles. The maximum Gasteiger partial charge on any atom is 0.105 e. The van der Waals surface area contributed by atoms with E-state index in [1.807, 2.05) is 0 Å². The van der Waals surface area contributed by atoms with E-state index >= 15 is 0 Å². The van der Waals surface area contributed by atoms with Crippen molar-refractivity contribution in [2.45, 2.75) is 18.6 Å². The van der Waals surface area contributed by atoms with Gasteiger partial charge in [-0.2, -0.15) is 0 Å². The minimum absolute atomic E-state index is 0.393. The predicted molar refractivity (Wildman–Crippen MR) is 37.0 cm³/mol. The number of hydrogen-bond acceptors (Lipinski definition) is 3. The van der Waals surface area contributed by atoms with Crippen LogP contribution in [0.25, 0.3) is 0 Å². The van der Waals surface area contributed by atoms with Gasteiger partial charge < -0.3 is 14.8 Å². The molecule has 0 radical (unpaired) electrons. The lowest BCUT2D eigenvalue weighted by atomic mass is 10.3. The van der Waals surface area contributed by atoms with Crippen molar-refractivity contribution < 1.29 is 9.47 Å². The molecule has 0 saturated carbocycles. The van der Waals surface area contributed by atoms with Crippen molar-refractivity contribution in [3.63, 3.8) is 0 Å².